The predicted molar refractivity (Wildman–Crippen MR) is 127 cm³/mol. The Kier molecular flexibility index (Phi) is 7.02. The summed E-state index contributed by atoms with van der Waals surface area (Å²) in [6.45, 7) is 2.37. The molecule has 1 aliphatic heterocycles. The number of ether oxygens (including phenoxy) is 3. The van der Waals surface area contributed by atoms with Crippen LogP contribution < -0.4 is 19.6 Å². The summed E-state index contributed by atoms with van der Waals surface area (Å²) < 4.78 is 35.2. The standard InChI is InChI=1S/C23H25N2O8P/c1-3-10-31-20-12-19-17(5-4-11-32-19)21-22(20)25(14-33-34(28,29)24-27)13-18(23(21)26)15-6-8-16(30-2)9-7-15/h6-9,12-13H,3-5,10-11,14H2,1-2H3,(H,28,29). The van der Waals surface area contributed by atoms with E-state index in [0.29, 0.717) is 58.9 Å². The Morgan fingerprint density at radius 1 is 1.26 bits per heavy atom. The minimum absolute atomic E-state index is 0.235. The fourth-order valence-corrected chi connectivity index (χ4v) is 4.30. The fourth-order valence-electron chi connectivity index (χ4n) is 3.98. The van der Waals surface area contributed by atoms with Gasteiger partial charge in [-0.15, -0.1) is 4.91 Å². The molecule has 0 amide bonds. The van der Waals surface area contributed by atoms with E-state index in [1.54, 1.807) is 37.4 Å². The van der Waals surface area contributed by atoms with Crippen LogP contribution >= 0.6 is 7.75 Å². The molecule has 1 N–H and O–H groups in total. The Morgan fingerprint density at radius 2 is 2.03 bits per heavy atom. The third-order valence-electron chi connectivity index (χ3n) is 5.53. The highest BCUT2D eigenvalue weighted by molar-refractivity contribution is 7.51. The predicted octanol–water partition coefficient (Wildman–Crippen LogP) is 4.63. The Hall–Kier alpha value is -3.20. The maximum atomic E-state index is 13.8. The zero-order valence-corrected chi connectivity index (χ0v) is 19.7. The molecule has 4 rings (SSSR count). The minimum Gasteiger partial charge on any atom is -0.497 e. The highest BCUT2D eigenvalue weighted by atomic mass is 31.2. The van der Waals surface area contributed by atoms with Gasteiger partial charge in [-0.2, -0.15) is 0 Å². The van der Waals surface area contributed by atoms with Gasteiger partial charge >= 0.3 is 7.75 Å². The Balaban J connectivity index is 2.01. The normalized spacial score (nSPS) is 14.7. The second-order valence-corrected chi connectivity index (χ2v) is 9.18. The molecule has 0 radical (unpaired) electrons. The van der Waals surface area contributed by atoms with Crippen LogP contribution in [-0.4, -0.2) is 29.8 Å². The average molecular weight is 488 g/mol. The van der Waals surface area contributed by atoms with Gasteiger partial charge in [-0.05, 0) is 37.0 Å². The molecule has 0 bridgehead atoms. The molecule has 1 unspecified atom stereocenters. The summed E-state index contributed by atoms with van der Waals surface area (Å²) in [5.41, 5.74) is 1.85. The number of nitrogens with zero attached hydrogens (tertiary/aromatic N) is 2. The first-order valence-corrected chi connectivity index (χ1v) is 12.4. The first-order chi connectivity index (χ1) is 16.4. The highest BCUT2D eigenvalue weighted by Crippen LogP contribution is 2.44. The highest BCUT2D eigenvalue weighted by Gasteiger charge is 2.26. The number of benzene rings is 2. The third kappa shape index (κ3) is 4.70. The zero-order valence-electron chi connectivity index (χ0n) is 18.9. The molecule has 3 aromatic rings. The molecule has 34 heavy (non-hydrogen) atoms. The Morgan fingerprint density at radius 3 is 2.71 bits per heavy atom. The van der Waals surface area contributed by atoms with Gasteiger partial charge in [0, 0.05) is 28.3 Å². The first-order valence-electron chi connectivity index (χ1n) is 10.8. The second kappa shape index (κ2) is 9.97. The van der Waals surface area contributed by atoms with Gasteiger partial charge in [-0.1, -0.05) is 19.1 Å². The van der Waals surface area contributed by atoms with E-state index in [1.807, 2.05) is 6.92 Å². The van der Waals surface area contributed by atoms with Crippen LogP contribution in [0.2, 0.25) is 0 Å². The Bertz CT molecular complexity index is 1320. The number of hydrogen-bond donors (Lipinski definition) is 1. The molecule has 2 heterocycles. The van der Waals surface area contributed by atoms with Gasteiger partial charge in [0.25, 0.3) is 0 Å². The summed E-state index contributed by atoms with van der Waals surface area (Å²) in [7, 11) is -3.15. The lowest BCUT2D eigenvalue weighted by atomic mass is 9.96. The summed E-state index contributed by atoms with van der Waals surface area (Å²) in [6.07, 6.45) is 3.61. The second-order valence-electron chi connectivity index (χ2n) is 7.78. The number of hydrogen-bond acceptors (Lipinski definition) is 7. The smallest absolute Gasteiger partial charge is 0.488 e. The van der Waals surface area contributed by atoms with Gasteiger partial charge in [0.2, 0.25) is 0 Å². The van der Waals surface area contributed by atoms with E-state index in [1.165, 1.54) is 10.8 Å². The maximum Gasteiger partial charge on any atom is 0.488 e. The van der Waals surface area contributed by atoms with E-state index in [-0.39, 0.29) is 5.43 Å². The molecular weight excluding hydrogens is 463 g/mol. The first kappa shape index (κ1) is 23.9. The molecule has 1 aliphatic rings. The summed E-state index contributed by atoms with van der Waals surface area (Å²) in [5.74, 6) is 1.59. The van der Waals surface area contributed by atoms with Crippen molar-refractivity contribution in [1.29, 1.82) is 0 Å². The van der Waals surface area contributed by atoms with Crippen LogP contribution in [0.4, 0.5) is 0 Å². The van der Waals surface area contributed by atoms with E-state index in [2.05, 4.69) is 4.95 Å². The van der Waals surface area contributed by atoms with Crippen LogP contribution in [0.3, 0.4) is 0 Å². The quantitative estimate of drug-likeness (QED) is 0.341. The number of aryl methyl sites for hydroxylation is 1. The van der Waals surface area contributed by atoms with Crippen molar-refractivity contribution in [2.45, 2.75) is 32.9 Å². The molecule has 0 spiro atoms. The summed E-state index contributed by atoms with van der Waals surface area (Å²) in [4.78, 5) is 36.3. The van der Waals surface area contributed by atoms with Gasteiger partial charge in [-0.3, -0.25) is 9.32 Å². The van der Waals surface area contributed by atoms with Crippen molar-refractivity contribution in [1.82, 2.24) is 4.57 Å². The molecule has 0 aliphatic carbocycles. The molecule has 180 valence electrons. The minimum atomic E-state index is -4.70. The molecule has 1 aromatic heterocycles. The van der Waals surface area contributed by atoms with Crippen LogP contribution in [0, 0.1) is 4.91 Å². The topological polar surface area (TPSA) is 126 Å². The number of nitroso groups, excluding NO2 is 1. The van der Waals surface area contributed by atoms with E-state index >= 15 is 0 Å². The summed E-state index contributed by atoms with van der Waals surface area (Å²) in [5, 5.41) is 0.382. The van der Waals surface area contributed by atoms with Crippen molar-refractivity contribution in [2.75, 3.05) is 20.3 Å². The fraction of sp³-hybridized carbons (Fsp3) is 0.348. The van der Waals surface area contributed by atoms with Crippen LogP contribution in [0.15, 0.2) is 46.3 Å². The zero-order chi connectivity index (χ0) is 24.3. The van der Waals surface area contributed by atoms with Gasteiger partial charge in [0.1, 0.15) is 24.0 Å². The van der Waals surface area contributed by atoms with E-state index in [4.69, 9.17) is 18.7 Å². The van der Waals surface area contributed by atoms with Gasteiger partial charge < -0.3 is 23.7 Å². The van der Waals surface area contributed by atoms with Crippen LogP contribution in [0.1, 0.15) is 25.3 Å². The van der Waals surface area contributed by atoms with E-state index in [0.717, 1.165) is 18.4 Å². The van der Waals surface area contributed by atoms with Crippen LogP contribution in [0.5, 0.6) is 17.2 Å². The lowest BCUT2D eigenvalue weighted by Crippen LogP contribution is -2.19. The summed E-state index contributed by atoms with van der Waals surface area (Å²) in [6, 6.07) is 8.69. The van der Waals surface area contributed by atoms with Gasteiger partial charge in [0.15, 0.2) is 5.43 Å². The SMILES string of the molecule is CCCOc1cc2c(c3c(=O)c(-c4ccc(OC)cc4)cn(COP(=O)(O)N=O)c13)CCCO2. The molecule has 10 nitrogen and oxygen atoms in total. The number of fused-ring (bicyclic) bond motifs is 3. The monoisotopic (exact) mass is 488 g/mol. The molecule has 0 saturated carbocycles. The lowest BCUT2D eigenvalue weighted by Gasteiger charge is -2.24. The number of aromatic nitrogens is 1. The van der Waals surface area contributed by atoms with Crippen molar-refractivity contribution >= 4 is 18.6 Å². The van der Waals surface area contributed by atoms with Gasteiger partial charge in [-0.25, -0.2) is 4.57 Å². The van der Waals surface area contributed by atoms with E-state index < -0.39 is 14.5 Å². The van der Waals surface area contributed by atoms with Crippen molar-refractivity contribution in [2.24, 2.45) is 4.95 Å². The number of methoxy groups -OCH3 is 1. The molecule has 2 aromatic carbocycles. The molecule has 11 heteroatoms. The third-order valence-corrected chi connectivity index (χ3v) is 6.19. The molecular formula is C23H25N2O8P. The largest absolute Gasteiger partial charge is 0.497 e. The van der Waals surface area contributed by atoms with Crippen LogP contribution in [-0.2, 0) is 22.2 Å². The van der Waals surface area contributed by atoms with Crippen molar-refractivity contribution in [3.8, 4) is 28.4 Å². The molecule has 0 saturated heterocycles. The lowest BCUT2D eigenvalue weighted by molar-refractivity contribution is 0.203. The van der Waals surface area contributed by atoms with Crippen molar-refractivity contribution in [3.05, 3.63) is 57.2 Å². The number of pyridine rings is 1. The maximum absolute atomic E-state index is 13.8. The molecule has 1 atom stereocenters. The Labute approximate surface area is 195 Å². The molecule has 0 fully saturated rings. The van der Waals surface area contributed by atoms with Crippen molar-refractivity contribution < 1.29 is 28.2 Å². The van der Waals surface area contributed by atoms with Gasteiger partial charge in [0.05, 0.1) is 31.2 Å². The van der Waals surface area contributed by atoms with Crippen LogP contribution in [0.25, 0.3) is 22.0 Å². The summed E-state index contributed by atoms with van der Waals surface area (Å²) >= 11 is 0. The van der Waals surface area contributed by atoms with Crippen molar-refractivity contribution in [3.63, 3.8) is 0 Å². The average Bonchev–Trinajstić information content (AvgIpc) is 2.86. The number of rotatable bonds is 9. The van der Waals surface area contributed by atoms with E-state index in [9.17, 15) is 19.2 Å².